The largest absolute Gasteiger partial charge is 0.506 e. The summed E-state index contributed by atoms with van der Waals surface area (Å²) in [4.78, 5) is 16.2. The van der Waals surface area contributed by atoms with Crippen LogP contribution in [0.25, 0.3) is 5.76 Å². The van der Waals surface area contributed by atoms with Crippen molar-refractivity contribution in [3.63, 3.8) is 0 Å². The molecule has 0 spiro atoms. The maximum Gasteiger partial charge on any atom is 0.343 e. The molecule has 0 aliphatic carbocycles. The highest BCUT2D eigenvalue weighted by atomic mass is 19.1. The lowest BCUT2D eigenvalue weighted by atomic mass is 10.1. The van der Waals surface area contributed by atoms with Crippen molar-refractivity contribution >= 4 is 23.6 Å². The summed E-state index contributed by atoms with van der Waals surface area (Å²) in [5.41, 5.74) is 0.851. The first-order chi connectivity index (χ1) is 12.1. The van der Waals surface area contributed by atoms with E-state index in [0.29, 0.717) is 11.3 Å². The standard InChI is InChI=1S/C20H16FNO3/c1-3-14-9-11-15(12-10-14)22-13-17(20(24)25-4-2)19(23)16-7-5-6-8-18(16)21/h1,5-13,23H,4H2,2H3/b19-17+,22-13?. The highest BCUT2D eigenvalue weighted by Crippen LogP contribution is 2.20. The number of rotatable bonds is 5. The monoisotopic (exact) mass is 337 g/mol. The second-order valence-corrected chi connectivity index (χ2v) is 4.91. The van der Waals surface area contributed by atoms with Crippen LogP contribution in [-0.2, 0) is 9.53 Å². The maximum atomic E-state index is 13.9. The van der Waals surface area contributed by atoms with E-state index in [9.17, 15) is 14.3 Å². The molecule has 0 heterocycles. The number of carbonyl (C=O) groups excluding carboxylic acids is 1. The van der Waals surface area contributed by atoms with Gasteiger partial charge in [0.15, 0.2) is 0 Å². The molecule has 0 unspecified atom stereocenters. The van der Waals surface area contributed by atoms with Crippen LogP contribution in [0.1, 0.15) is 18.1 Å². The van der Waals surface area contributed by atoms with Gasteiger partial charge in [-0.2, -0.15) is 0 Å². The summed E-state index contributed by atoms with van der Waals surface area (Å²) >= 11 is 0. The first kappa shape index (κ1) is 18.0. The fourth-order valence-corrected chi connectivity index (χ4v) is 2.00. The normalized spacial score (nSPS) is 11.7. The average Bonchev–Trinajstić information content (AvgIpc) is 2.63. The van der Waals surface area contributed by atoms with Crippen molar-refractivity contribution in [2.45, 2.75) is 6.92 Å². The molecule has 2 aromatic carbocycles. The van der Waals surface area contributed by atoms with Crippen molar-refractivity contribution in [3.05, 3.63) is 71.0 Å². The second-order valence-electron chi connectivity index (χ2n) is 4.91. The van der Waals surface area contributed by atoms with Crippen molar-refractivity contribution in [2.24, 2.45) is 4.99 Å². The van der Waals surface area contributed by atoms with Crippen molar-refractivity contribution in [3.8, 4) is 12.3 Å². The molecule has 0 saturated heterocycles. The van der Waals surface area contributed by atoms with Crippen LogP contribution in [0.5, 0.6) is 0 Å². The van der Waals surface area contributed by atoms with Crippen LogP contribution in [0.15, 0.2) is 59.1 Å². The van der Waals surface area contributed by atoms with Gasteiger partial charge in [-0.05, 0) is 43.3 Å². The van der Waals surface area contributed by atoms with Crippen molar-refractivity contribution in [1.82, 2.24) is 0 Å². The van der Waals surface area contributed by atoms with E-state index in [2.05, 4.69) is 10.9 Å². The van der Waals surface area contributed by atoms with Gasteiger partial charge in [-0.3, -0.25) is 4.99 Å². The molecule has 4 nitrogen and oxygen atoms in total. The van der Waals surface area contributed by atoms with Gasteiger partial charge in [0.25, 0.3) is 0 Å². The van der Waals surface area contributed by atoms with Gasteiger partial charge in [0.2, 0.25) is 0 Å². The van der Waals surface area contributed by atoms with Gasteiger partial charge in [-0.1, -0.05) is 18.1 Å². The highest BCUT2D eigenvalue weighted by Gasteiger charge is 2.18. The molecule has 126 valence electrons. The van der Waals surface area contributed by atoms with Gasteiger partial charge in [0.1, 0.15) is 17.1 Å². The van der Waals surface area contributed by atoms with Gasteiger partial charge in [-0.25, -0.2) is 9.18 Å². The van der Waals surface area contributed by atoms with Gasteiger partial charge < -0.3 is 9.84 Å². The Morgan fingerprint density at radius 2 is 1.96 bits per heavy atom. The Kier molecular flexibility index (Phi) is 6.08. The Balaban J connectivity index is 2.44. The maximum absolute atomic E-state index is 13.9. The number of aliphatic hydroxyl groups excluding tert-OH is 1. The van der Waals surface area contributed by atoms with Crippen LogP contribution in [0, 0.1) is 18.2 Å². The van der Waals surface area contributed by atoms with Crippen LogP contribution in [-0.4, -0.2) is 23.9 Å². The number of halogens is 1. The first-order valence-electron chi connectivity index (χ1n) is 7.52. The number of carbonyl (C=O) groups is 1. The molecule has 0 amide bonds. The van der Waals surface area contributed by atoms with Gasteiger partial charge >= 0.3 is 5.97 Å². The minimum atomic E-state index is -0.799. The summed E-state index contributed by atoms with van der Waals surface area (Å²) in [6.07, 6.45) is 6.43. The minimum absolute atomic E-state index is 0.109. The highest BCUT2D eigenvalue weighted by molar-refractivity contribution is 6.15. The van der Waals surface area contributed by atoms with Crippen LogP contribution in [0.3, 0.4) is 0 Å². The number of aliphatic hydroxyl groups is 1. The SMILES string of the molecule is C#Cc1ccc(N=C/C(C(=O)OCC)=C(\O)c2ccccc2F)cc1. The molecule has 0 atom stereocenters. The zero-order valence-electron chi connectivity index (χ0n) is 13.6. The molecule has 5 heteroatoms. The minimum Gasteiger partial charge on any atom is -0.506 e. The molecule has 0 radical (unpaired) electrons. The third kappa shape index (κ3) is 4.55. The Hall–Kier alpha value is -3.39. The fraction of sp³-hybridized carbons (Fsp3) is 0.100. The predicted octanol–water partition coefficient (Wildman–Crippen LogP) is 4.04. The third-order valence-electron chi connectivity index (χ3n) is 3.26. The van der Waals surface area contributed by atoms with Crippen molar-refractivity contribution in [2.75, 3.05) is 6.61 Å². The van der Waals surface area contributed by atoms with Crippen LogP contribution in [0.4, 0.5) is 10.1 Å². The van der Waals surface area contributed by atoms with E-state index in [1.165, 1.54) is 18.2 Å². The molecule has 0 fully saturated rings. The Labute approximate surface area is 145 Å². The van der Waals surface area contributed by atoms with Gasteiger partial charge in [0, 0.05) is 11.8 Å². The van der Waals surface area contributed by atoms with Crippen LogP contribution < -0.4 is 0 Å². The smallest absolute Gasteiger partial charge is 0.343 e. The molecule has 0 aliphatic heterocycles. The second kappa shape index (κ2) is 8.46. The summed E-state index contributed by atoms with van der Waals surface area (Å²) in [6.45, 7) is 1.74. The van der Waals surface area contributed by atoms with Crippen LogP contribution >= 0.6 is 0 Å². The summed E-state index contributed by atoms with van der Waals surface area (Å²) in [5.74, 6) is 0.484. The third-order valence-corrected chi connectivity index (χ3v) is 3.26. The van der Waals surface area contributed by atoms with E-state index in [1.54, 1.807) is 37.3 Å². The number of ether oxygens (including phenoxy) is 1. The van der Waals surface area contributed by atoms with Crippen molar-refractivity contribution < 1.29 is 19.0 Å². The number of terminal acetylenes is 1. The predicted molar refractivity (Wildman–Crippen MR) is 95.1 cm³/mol. The summed E-state index contributed by atoms with van der Waals surface area (Å²) in [7, 11) is 0. The molecule has 0 bridgehead atoms. The molecule has 1 N–H and O–H groups in total. The number of esters is 1. The molecule has 2 aromatic rings. The average molecular weight is 337 g/mol. The van der Waals surface area contributed by atoms with Gasteiger partial charge in [-0.15, -0.1) is 6.42 Å². The first-order valence-corrected chi connectivity index (χ1v) is 7.52. The van der Waals surface area contributed by atoms with Crippen molar-refractivity contribution in [1.29, 1.82) is 0 Å². The molecular formula is C20H16FNO3. The lowest BCUT2D eigenvalue weighted by Crippen LogP contribution is -2.11. The summed E-state index contributed by atoms with van der Waals surface area (Å²) in [5, 5.41) is 10.3. The molecule has 0 aromatic heterocycles. The Bertz CT molecular complexity index is 861. The zero-order chi connectivity index (χ0) is 18.2. The van der Waals surface area contributed by atoms with Gasteiger partial charge in [0.05, 0.1) is 17.9 Å². The summed E-state index contributed by atoms with van der Waals surface area (Å²) in [6, 6.07) is 12.3. The number of nitrogens with zero attached hydrogens (tertiary/aromatic N) is 1. The lowest BCUT2D eigenvalue weighted by Gasteiger charge is -2.07. The molecule has 25 heavy (non-hydrogen) atoms. The Morgan fingerprint density at radius 3 is 2.56 bits per heavy atom. The Morgan fingerprint density at radius 1 is 1.28 bits per heavy atom. The fourth-order valence-electron chi connectivity index (χ4n) is 2.00. The topological polar surface area (TPSA) is 58.9 Å². The van der Waals surface area contributed by atoms with E-state index in [4.69, 9.17) is 11.2 Å². The molecule has 0 aliphatic rings. The molecule has 2 rings (SSSR count). The van der Waals surface area contributed by atoms with E-state index < -0.39 is 17.5 Å². The number of hydrogen-bond acceptors (Lipinski definition) is 4. The van der Waals surface area contributed by atoms with Crippen LogP contribution in [0.2, 0.25) is 0 Å². The van der Waals surface area contributed by atoms with E-state index in [1.807, 2.05) is 0 Å². The number of benzene rings is 2. The number of aliphatic imine (C=N–C) groups is 1. The zero-order valence-corrected chi connectivity index (χ0v) is 13.6. The molecular weight excluding hydrogens is 321 g/mol. The quantitative estimate of drug-likeness (QED) is 0.294. The molecule has 0 saturated carbocycles. The lowest BCUT2D eigenvalue weighted by molar-refractivity contribution is -0.137. The summed E-state index contributed by atoms with van der Waals surface area (Å²) < 4.78 is 18.8. The van der Waals surface area contributed by atoms with E-state index in [-0.39, 0.29) is 17.7 Å². The van der Waals surface area contributed by atoms with E-state index in [0.717, 1.165) is 6.21 Å². The number of hydrogen-bond donors (Lipinski definition) is 1. The van der Waals surface area contributed by atoms with E-state index >= 15 is 0 Å².